The number of hydrogen-bond acceptors (Lipinski definition) is 3. The predicted octanol–water partition coefficient (Wildman–Crippen LogP) is 2.21. The van der Waals surface area contributed by atoms with E-state index in [4.69, 9.17) is 0 Å². The zero-order valence-electron chi connectivity index (χ0n) is 10.4. The highest BCUT2D eigenvalue weighted by atomic mass is 19.1. The third-order valence-electron chi connectivity index (χ3n) is 2.82. The number of esters is 1. The lowest BCUT2D eigenvalue weighted by Gasteiger charge is -2.23. The highest BCUT2D eigenvalue weighted by Gasteiger charge is 2.15. The molecule has 0 N–H and O–H groups in total. The number of nitrogens with zero attached hydrogens (tertiary/aromatic N) is 1. The molecule has 1 aromatic carbocycles. The minimum absolute atomic E-state index is 0.0158. The van der Waals surface area contributed by atoms with Crippen molar-refractivity contribution in [3.8, 4) is 0 Å². The van der Waals surface area contributed by atoms with E-state index in [1.165, 1.54) is 13.2 Å². The molecule has 1 aromatic rings. The summed E-state index contributed by atoms with van der Waals surface area (Å²) in [4.78, 5) is 13.0. The van der Waals surface area contributed by atoms with Crippen LogP contribution in [-0.2, 0) is 16.1 Å². The van der Waals surface area contributed by atoms with E-state index in [2.05, 4.69) is 4.74 Å². The van der Waals surface area contributed by atoms with Crippen molar-refractivity contribution in [2.75, 3.05) is 14.2 Å². The molecule has 0 aliphatic heterocycles. The largest absolute Gasteiger partial charge is 0.469 e. The van der Waals surface area contributed by atoms with Crippen molar-refractivity contribution in [2.45, 2.75) is 25.9 Å². The maximum absolute atomic E-state index is 13.4. The van der Waals surface area contributed by atoms with Crippen LogP contribution in [0.4, 0.5) is 4.39 Å². The van der Waals surface area contributed by atoms with Gasteiger partial charge in [0, 0.05) is 18.2 Å². The van der Waals surface area contributed by atoms with Gasteiger partial charge < -0.3 is 4.74 Å². The third kappa shape index (κ3) is 4.15. The van der Waals surface area contributed by atoms with Crippen molar-refractivity contribution in [1.29, 1.82) is 0 Å². The van der Waals surface area contributed by atoms with Crippen LogP contribution in [-0.4, -0.2) is 31.1 Å². The topological polar surface area (TPSA) is 29.5 Å². The summed E-state index contributed by atoms with van der Waals surface area (Å²) in [6.45, 7) is 2.39. The summed E-state index contributed by atoms with van der Waals surface area (Å²) < 4.78 is 18.0. The summed E-state index contributed by atoms with van der Waals surface area (Å²) in [5.41, 5.74) is 0.631. The first kappa shape index (κ1) is 13.6. The number of methoxy groups -OCH3 is 1. The molecule has 0 spiro atoms. The Bertz CT molecular complexity index is 381. The molecule has 4 heteroatoms. The molecule has 94 valence electrons. The number of carbonyl (C=O) groups is 1. The minimum Gasteiger partial charge on any atom is -0.469 e. The molecule has 0 fully saturated rings. The lowest BCUT2D eigenvalue weighted by molar-refractivity contribution is -0.141. The number of hydrogen-bond donors (Lipinski definition) is 0. The van der Waals surface area contributed by atoms with E-state index >= 15 is 0 Å². The quantitative estimate of drug-likeness (QED) is 0.738. The number of rotatable bonds is 5. The fraction of sp³-hybridized carbons (Fsp3) is 0.462. The summed E-state index contributed by atoms with van der Waals surface area (Å²) in [7, 11) is 3.23. The molecule has 1 atom stereocenters. The van der Waals surface area contributed by atoms with Gasteiger partial charge in [0.2, 0.25) is 0 Å². The Labute approximate surface area is 101 Å². The van der Waals surface area contributed by atoms with Gasteiger partial charge in [-0.1, -0.05) is 18.2 Å². The Morgan fingerprint density at radius 2 is 2.12 bits per heavy atom. The number of halogens is 1. The van der Waals surface area contributed by atoms with Gasteiger partial charge in [0.05, 0.1) is 13.5 Å². The van der Waals surface area contributed by atoms with Crippen molar-refractivity contribution < 1.29 is 13.9 Å². The van der Waals surface area contributed by atoms with E-state index in [1.807, 2.05) is 18.9 Å². The average Bonchev–Trinajstić information content (AvgIpc) is 2.31. The van der Waals surface area contributed by atoms with Gasteiger partial charge >= 0.3 is 5.97 Å². The van der Waals surface area contributed by atoms with Crippen molar-refractivity contribution >= 4 is 5.97 Å². The second-order valence-corrected chi connectivity index (χ2v) is 4.14. The monoisotopic (exact) mass is 239 g/mol. The van der Waals surface area contributed by atoms with E-state index in [0.29, 0.717) is 18.5 Å². The van der Waals surface area contributed by atoms with Gasteiger partial charge in [-0.2, -0.15) is 0 Å². The number of carbonyl (C=O) groups excluding carboxylic acids is 1. The highest BCUT2D eigenvalue weighted by molar-refractivity contribution is 5.69. The van der Waals surface area contributed by atoms with Crippen LogP contribution in [0.2, 0.25) is 0 Å². The van der Waals surface area contributed by atoms with Gasteiger partial charge in [0.1, 0.15) is 5.82 Å². The molecule has 0 aliphatic carbocycles. The summed E-state index contributed by atoms with van der Waals surface area (Å²) in [6.07, 6.45) is 0.307. The molecular weight excluding hydrogens is 221 g/mol. The Kier molecular flexibility index (Phi) is 5.10. The molecule has 1 unspecified atom stereocenters. The second-order valence-electron chi connectivity index (χ2n) is 4.14. The van der Waals surface area contributed by atoms with E-state index in [0.717, 1.165) is 0 Å². The minimum atomic E-state index is -0.252. The predicted molar refractivity (Wildman–Crippen MR) is 64.0 cm³/mol. The Hall–Kier alpha value is -1.42. The fourth-order valence-electron chi connectivity index (χ4n) is 1.53. The molecule has 0 radical (unpaired) electrons. The van der Waals surface area contributed by atoms with Gasteiger partial charge in [0.15, 0.2) is 0 Å². The van der Waals surface area contributed by atoms with E-state index in [-0.39, 0.29) is 17.8 Å². The SMILES string of the molecule is COC(=O)CC(C)N(C)Cc1ccccc1F. The summed E-state index contributed by atoms with van der Waals surface area (Å²) in [5, 5.41) is 0. The molecule has 0 aromatic heterocycles. The molecule has 1 rings (SSSR count). The van der Waals surface area contributed by atoms with Gasteiger partial charge in [-0.05, 0) is 20.0 Å². The zero-order valence-corrected chi connectivity index (χ0v) is 10.4. The Morgan fingerprint density at radius 1 is 1.47 bits per heavy atom. The van der Waals surface area contributed by atoms with Crippen LogP contribution in [0.3, 0.4) is 0 Å². The summed E-state index contributed by atoms with van der Waals surface area (Å²) in [6, 6.07) is 6.67. The standard InChI is InChI=1S/C13H18FNO2/c1-10(8-13(16)17-3)15(2)9-11-6-4-5-7-12(11)14/h4-7,10H,8-9H2,1-3H3. The van der Waals surface area contributed by atoms with Gasteiger partial charge in [-0.15, -0.1) is 0 Å². The molecule has 17 heavy (non-hydrogen) atoms. The van der Waals surface area contributed by atoms with Gasteiger partial charge in [0.25, 0.3) is 0 Å². The molecular formula is C13H18FNO2. The maximum atomic E-state index is 13.4. The lowest BCUT2D eigenvalue weighted by atomic mass is 10.1. The third-order valence-corrected chi connectivity index (χ3v) is 2.82. The average molecular weight is 239 g/mol. The van der Waals surface area contributed by atoms with Crippen LogP contribution in [0, 0.1) is 5.82 Å². The first-order valence-corrected chi connectivity index (χ1v) is 5.55. The van der Waals surface area contributed by atoms with Crippen LogP contribution in [0.1, 0.15) is 18.9 Å². The molecule has 0 saturated carbocycles. The fourth-order valence-corrected chi connectivity index (χ4v) is 1.53. The normalized spacial score (nSPS) is 12.5. The van der Waals surface area contributed by atoms with Gasteiger partial charge in [-0.3, -0.25) is 9.69 Å². The maximum Gasteiger partial charge on any atom is 0.307 e. The van der Waals surface area contributed by atoms with Crippen LogP contribution >= 0.6 is 0 Å². The zero-order chi connectivity index (χ0) is 12.8. The van der Waals surface area contributed by atoms with Crippen LogP contribution in [0.15, 0.2) is 24.3 Å². The van der Waals surface area contributed by atoms with Crippen molar-refractivity contribution in [2.24, 2.45) is 0 Å². The molecule has 0 bridgehead atoms. The van der Waals surface area contributed by atoms with E-state index in [1.54, 1.807) is 18.2 Å². The summed E-state index contributed by atoms with van der Waals surface area (Å²) in [5.74, 6) is -0.470. The van der Waals surface area contributed by atoms with Crippen LogP contribution < -0.4 is 0 Å². The molecule has 0 aliphatic rings. The lowest BCUT2D eigenvalue weighted by Crippen LogP contribution is -2.31. The second kappa shape index (κ2) is 6.35. The van der Waals surface area contributed by atoms with Crippen molar-refractivity contribution in [3.63, 3.8) is 0 Å². The molecule has 0 heterocycles. The van der Waals surface area contributed by atoms with Crippen molar-refractivity contribution in [1.82, 2.24) is 4.90 Å². The van der Waals surface area contributed by atoms with E-state index < -0.39 is 0 Å². The summed E-state index contributed by atoms with van der Waals surface area (Å²) >= 11 is 0. The van der Waals surface area contributed by atoms with Crippen LogP contribution in [0.25, 0.3) is 0 Å². The van der Waals surface area contributed by atoms with Gasteiger partial charge in [-0.25, -0.2) is 4.39 Å². The molecule has 3 nitrogen and oxygen atoms in total. The highest BCUT2D eigenvalue weighted by Crippen LogP contribution is 2.12. The molecule has 0 amide bonds. The Morgan fingerprint density at radius 3 is 2.71 bits per heavy atom. The van der Waals surface area contributed by atoms with E-state index in [9.17, 15) is 9.18 Å². The first-order valence-electron chi connectivity index (χ1n) is 5.55. The first-order chi connectivity index (χ1) is 8.04. The van der Waals surface area contributed by atoms with Crippen LogP contribution in [0.5, 0.6) is 0 Å². The number of ether oxygens (including phenoxy) is 1. The van der Waals surface area contributed by atoms with Crippen molar-refractivity contribution in [3.05, 3.63) is 35.6 Å². The smallest absolute Gasteiger partial charge is 0.307 e. The molecule has 0 saturated heterocycles. The number of benzene rings is 1. The Balaban J connectivity index is 2.57.